The van der Waals surface area contributed by atoms with E-state index in [0.717, 1.165) is 19.4 Å². The molecule has 0 aromatic heterocycles. The van der Waals surface area contributed by atoms with E-state index in [2.05, 4.69) is 33.0 Å². The van der Waals surface area contributed by atoms with Gasteiger partial charge in [-0.25, -0.2) is 0 Å². The second kappa shape index (κ2) is 4.79. The molecule has 4 atom stereocenters. The Morgan fingerprint density at radius 3 is 2.59 bits per heavy atom. The summed E-state index contributed by atoms with van der Waals surface area (Å²) in [6, 6.07) is 10.9. The van der Waals surface area contributed by atoms with Crippen molar-refractivity contribution < 1.29 is 10.0 Å². The molecular formula is C15H24NO+. The molecule has 1 saturated heterocycles. The summed E-state index contributed by atoms with van der Waals surface area (Å²) < 4.78 is 0. The molecule has 0 aliphatic carbocycles. The SMILES string of the molecule is C[C@@H]1C[C@@](O)(Cc2ccccc2)[C@H](C)C[NH+]1C. The summed E-state index contributed by atoms with van der Waals surface area (Å²) in [4.78, 5) is 1.54. The van der Waals surface area contributed by atoms with Gasteiger partial charge < -0.3 is 10.0 Å². The molecule has 0 radical (unpaired) electrons. The van der Waals surface area contributed by atoms with Gasteiger partial charge >= 0.3 is 0 Å². The minimum absolute atomic E-state index is 0.360. The van der Waals surface area contributed by atoms with Crippen LogP contribution in [-0.4, -0.2) is 30.3 Å². The van der Waals surface area contributed by atoms with Crippen LogP contribution >= 0.6 is 0 Å². The second-order valence-corrected chi connectivity index (χ2v) is 5.82. The first-order chi connectivity index (χ1) is 8.01. The Labute approximate surface area is 104 Å². The van der Waals surface area contributed by atoms with Crippen molar-refractivity contribution in [3.8, 4) is 0 Å². The third-order valence-electron chi connectivity index (χ3n) is 4.40. The lowest BCUT2D eigenvalue weighted by atomic mass is 9.75. The van der Waals surface area contributed by atoms with Gasteiger partial charge in [-0.15, -0.1) is 0 Å². The summed E-state index contributed by atoms with van der Waals surface area (Å²) in [7, 11) is 2.23. The minimum Gasteiger partial charge on any atom is -0.389 e. The highest BCUT2D eigenvalue weighted by Gasteiger charge is 2.43. The standard InChI is InChI=1S/C15H23NO/c1-12-11-16(3)13(2)9-15(12,17)10-14-7-5-4-6-8-14/h4-8,12-13,17H,9-11H2,1-3H3/p+1/t12-,13-,15-/m1/s1. The fraction of sp³-hybridized carbons (Fsp3) is 0.600. The zero-order valence-electron chi connectivity index (χ0n) is 11.1. The van der Waals surface area contributed by atoms with Gasteiger partial charge in [0.15, 0.2) is 0 Å². The van der Waals surface area contributed by atoms with E-state index in [9.17, 15) is 5.11 Å². The van der Waals surface area contributed by atoms with Crippen molar-refractivity contribution >= 4 is 0 Å². The minimum atomic E-state index is -0.527. The molecule has 2 nitrogen and oxygen atoms in total. The average Bonchev–Trinajstić information content (AvgIpc) is 2.28. The maximum Gasteiger partial charge on any atom is 0.0872 e. The zero-order chi connectivity index (χ0) is 12.5. The predicted molar refractivity (Wildman–Crippen MR) is 70.1 cm³/mol. The number of piperidine rings is 1. The Bertz CT molecular complexity index is 364. The van der Waals surface area contributed by atoms with Crippen LogP contribution in [0.3, 0.4) is 0 Å². The van der Waals surface area contributed by atoms with Crippen LogP contribution in [0, 0.1) is 5.92 Å². The van der Waals surface area contributed by atoms with Crippen LogP contribution in [0.4, 0.5) is 0 Å². The number of benzene rings is 1. The van der Waals surface area contributed by atoms with Crippen LogP contribution in [-0.2, 0) is 6.42 Å². The highest BCUT2D eigenvalue weighted by molar-refractivity contribution is 5.17. The zero-order valence-corrected chi connectivity index (χ0v) is 11.1. The van der Waals surface area contributed by atoms with E-state index in [1.54, 1.807) is 0 Å². The second-order valence-electron chi connectivity index (χ2n) is 5.82. The van der Waals surface area contributed by atoms with Crippen molar-refractivity contribution in [1.82, 2.24) is 0 Å². The topological polar surface area (TPSA) is 24.7 Å². The van der Waals surface area contributed by atoms with E-state index in [1.807, 2.05) is 18.2 Å². The van der Waals surface area contributed by atoms with Crippen molar-refractivity contribution in [3.05, 3.63) is 35.9 Å². The maximum absolute atomic E-state index is 10.9. The normalized spacial score (nSPS) is 38.0. The van der Waals surface area contributed by atoms with E-state index >= 15 is 0 Å². The lowest BCUT2D eigenvalue weighted by molar-refractivity contribution is -0.916. The monoisotopic (exact) mass is 234 g/mol. The molecule has 2 heteroatoms. The predicted octanol–water partition coefficient (Wildman–Crippen LogP) is 0.903. The van der Waals surface area contributed by atoms with E-state index in [0.29, 0.717) is 12.0 Å². The van der Waals surface area contributed by atoms with Crippen molar-refractivity contribution in [2.24, 2.45) is 5.92 Å². The van der Waals surface area contributed by atoms with Crippen LogP contribution in [0.1, 0.15) is 25.8 Å². The van der Waals surface area contributed by atoms with Crippen molar-refractivity contribution in [1.29, 1.82) is 0 Å². The number of hydrogen-bond acceptors (Lipinski definition) is 1. The summed E-state index contributed by atoms with van der Waals surface area (Å²) >= 11 is 0. The van der Waals surface area contributed by atoms with Gasteiger partial charge in [0.2, 0.25) is 0 Å². The van der Waals surface area contributed by atoms with E-state index in [4.69, 9.17) is 0 Å². The molecule has 2 rings (SSSR count). The Morgan fingerprint density at radius 2 is 1.94 bits per heavy atom. The molecule has 1 aromatic carbocycles. The quantitative estimate of drug-likeness (QED) is 0.781. The first-order valence-corrected chi connectivity index (χ1v) is 6.60. The number of hydrogen-bond donors (Lipinski definition) is 2. The maximum atomic E-state index is 10.9. The molecule has 17 heavy (non-hydrogen) atoms. The fourth-order valence-corrected chi connectivity index (χ4v) is 2.98. The number of aliphatic hydroxyl groups is 1. The summed E-state index contributed by atoms with van der Waals surface area (Å²) in [5, 5.41) is 10.9. The fourth-order valence-electron chi connectivity index (χ4n) is 2.98. The number of rotatable bonds is 2. The molecule has 0 saturated carbocycles. The van der Waals surface area contributed by atoms with Crippen LogP contribution in [0.5, 0.6) is 0 Å². The van der Waals surface area contributed by atoms with E-state index in [1.165, 1.54) is 10.5 Å². The Kier molecular flexibility index (Phi) is 3.55. The largest absolute Gasteiger partial charge is 0.389 e. The lowest BCUT2D eigenvalue weighted by Crippen LogP contribution is -3.15. The first-order valence-electron chi connectivity index (χ1n) is 6.60. The molecule has 1 aromatic rings. The molecule has 1 aliphatic heterocycles. The summed E-state index contributed by atoms with van der Waals surface area (Å²) in [6.45, 7) is 5.47. The van der Waals surface area contributed by atoms with Crippen LogP contribution < -0.4 is 4.90 Å². The van der Waals surface area contributed by atoms with Crippen molar-refractivity contribution in [2.45, 2.75) is 38.3 Å². The van der Waals surface area contributed by atoms with Gasteiger partial charge in [0.05, 0.1) is 25.2 Å². The average molecular weight is 234 g/mol. The van der Waals surface area contributed by atoms with Crippen LogP contribution in [0.2, 0.25) is 0 Å². The van der Waals surface area contributed by atoms with Gasteiger partial charge in [-0.3, -0.25) is 0 Å². The van der Waals surface area contributed by atoms with Crippen LogP contribution in [0.25, 0.3) is 0 Å². The third-order valence-corrected chi connectivity index (χ3v) is 4.40. The number of likely N-dealkylation sites (tertiary alicyclic amines) is 1. The van der Waals surface area contributed by atoms with Gasteiger partial charge in [-0.05, 0) is 12.5 Å². The molecular weight excluding hydrogens is 210 g/mol. The Hall–Kier alpha value is -0.860. The first kappa shape index (κ1) is 12.6. The summed E-state index contributed by atoms with van der Waals surface area (Å²) in [6.07, 6.45) is 1.68. The van der Waals surface area contributed by atoms with E-state index < -0.39 is 5.60 Å². The molecule has 94 valence electrons. The summed E-state index contributed by atoms with van der Waals surface area (Å²) in [5.41, 5.74) is 0.717. The molecule has 1 aliphatic rings. The van der Waals surface area contributed by atoms with Gasteiger partial charge in [0.25, 0.3) is 0 Å². The molecule has 0 bridgehead atoms. The van der Waals surface area contributed by atoms with E-state index in [-0.39, 0.29) is 0 Å². The molecule has 1 heterocycles. The summed E-state index contributed by atoms with van der Waals surface area (Å²) in [5.74, 6) is 0.360. The number of quaternary nitrogens is 1. The Balaban J connectivity index is 2.13. The van der Waals surface area contributed by atoms with Crippen LogP contribution in [0.15, 0.2) is 30.3 Å². The smallest absolute Gasteiger partial charge is 0.0872 e. The van der Waals surface area contributed by atoms with Crippen molar-refractivity contribution in [2.75, 3.05) is 13.6 Å². The molecule has 1 fully saturated rings. The van der Waals surface area contributed by atoms with Gasteiger partial charge in [-0.2, -0.15) is 0 Å². The molecule has 0 spiro atoms. The molecule has 2 N–H and O–H groups in total. The number of nitrogens with one attached hydrogen (secondary N) is 1. The van der Waals surface area contributed by atoms with Gasteiger partial charge in [0, 0.05) is 18.8 Å². The van der Waals surface area contributed by atoms with Crippen molar-refractivity contribution in [3.63, 3.8) is 0 Å². The highest BCUT2D eigenvalue weighted by Crippen LogP contribution is 2.28. The Morgan fingerprint density at radius 1 is 1.29 bits per heavy atom. The molecule has 1 unspecified atom stereocenters. The lowest BCUT2D eigenvalue weighted by Gasteiger charge is -2.43. The third kappa shape index (κ3) is 2.70. The van der Waals surface area contributed by atoms with Gasteiger partial charge in [0.1, 0.15) is 0 Å². The molecule has 0 amide bonds. The highest BCUT2D eigenvalue weighted by atomic mass is 16.3. The van der Waals surface area contributed by atoms with Gasteiger partial charge in [-0.1, -0.05) is 37.3 Å².